The minimum absolute atomic E-state index is 0.181. The van der Waals surface area contributed by atoms with Crippen molar-refractivity contribution in [3.63, 3.8) is 0 Å². The first-order chi connectivity index (χ1) is 7.43. The maximum absolute atomic E-state index is 13.3. The van der Waals surface area contributed by atoms with Crippen LogP contribution in [0.5, 0.6) is 0 Å². The van der Waals surface area contributed by atoms with Gasteiger partial charge >= 0.3 is 0 Å². The monoisotopic (exact) mass is 232 g/mol. The Labute approximate surface area is 92.9 Å². The molecule has 0 spiro atoms. The molecule has 1 aromatic rings. The van der Waals surface area contributed by atoms with Gasteiger partial charge in [0, 0.05) is 5.56 Å². The minimum Gasteiger partial charge on any atom is -0.388 e. The molecule has 4 heteroatoms. The average Bonchev–Trinajstić information content (AvgIpc) is 2.23. The topological polar surface area (TPSA) is 20.2 Å². The summed E-state index contributed by atoms with van der Waals surface area (Å²) >= 11 is 0. The van der Waals surface area contributed by atoms with Gasteiger partial charge in [0.15, 0.2) is 17.5 Å². The summed E-state index contributed by atoms with van der Waals surface area (Å²) < 4.78 is 38.8. The van der Waals surface area contributed by atoms with E-state index < -0.39 is 23.6 Å². The Morgan fingerprint density at radius 1 is 1.06 bits per heavy atom. The van der Waals surface area contributed by atoms with E-state index in [9.17, 15) is 18.3 Å². The third kappa shape index (κ3) is 2.98. The largest absolute Gasteiger partial charge is 0.388 e. The van der Waals surface area contributed by atoms with Crippen LogP contribution in [0.1, 0.15) is 38.4 Å². The molecule has 90 valence electrons. The predicted molar refractivity (Wildman–Crippen MR) is 55.3 cm³/mol. The van der Waals surface area contributed by atoms with Gasteiger partial charge in [-0.3, -0.25) is 0 Å². The highest BCUT2D eigenvalue weighted by Crippen LogP contribution is 2.25. The van der Waals surface area contributed by atoms with Gasteiger partial charge in [-0.15, -0.1) is 0 Å². The Morgan fingerprint density at radius 3 is 2.25 bits per heavy atom. The molecule has 0 saturated carbocycles. The molecule has 0 aliphatic carbocycles. The average molecular weight is 232 g/mol. The second-order valence-corrected chi connectivity index (χ2v) is 4.25. The van der Waals surface area contributed by atoms with E-state index in [4.69, 9.17) is 0 Å². The summed E-state index contributed by atoms with van der Waals surface area (Å²) in [6.45, 7) is 3.93. The van der Waals surface area contributed by atoms with Gasteiger partial charge in [0.1, 0.15) is 0 Å². The van der Waals surface area contributed by atoms with Crippen LogP contribution in [-0.4, -0.2) is 5.11 Å². The van der Waals surface area contributed by atoms with Gasteiger partial charge in [-0.2, -0.15) is 0 Å². The van der Waals surface area contributed by atoms with Crippen LogP contribution in [0.2, 0.25) is 0 Å². The molecule has 0 heterocycles. The quantitative estimate of drug-likeness (QED) is 0.787. The summed E-state index contributed by atoms with van der Waals surface area (Å²) in [7, 11) is 0. The highest BCUT2D eigenvalue weighted by Gasteiger charge is 2.19. The summed E-state index contributed by atoms with van der Waals surface area (Å²) in [5.41, 5.74) is -0.181. The number of hydrogen-bond acceptors (Lipinski definition) is 1. The van der Waals surface area contributed by atoms with E-state index in [0.29, 0.717) is 18.8 Å². The van der Waals surface area contributed by atoms with Crippen LogP contribution in [0, 0.1) is 23.4 Å². The Bertz CT molecular complexity index is 364. The number of halogens is 3. The number of aliphatic hydroxyl groups is 1. The molecule has 1 nitrogen and oxygen atoms in total. The van der Waals surface area contributed by atoms with Crippen molar-refractivity contribution in [2.75, 3.05) is 0 Å². The third-order valence-electron chi connectivity index (χ3n) is 2.44. The predicted octanol–water partition coefficient (Wildman–Crippen LogP) is 3.57. The van der Waals surface area contributed by atoms with E-state index in [2.05, 4.69) is 0 Å². The zero-order valence-corrected chi connectivity index (χ0v) is 9.30. The molecule has 16 heavy (non-hydrogen) atoms. The summed E-state index contributed by atoms with van der Waals surface area (Å²) in [5.74, 6) is -3.70. The zero-order valence-electron chi connectivity index (χ0n) is 9.30. The van der Waals surface area contributed by atoms with Crippen LogP contribution in [0.15, 0.2) is 12.1 Å². The smallest absolute Gasteiger partial charge is 0.194 e. The molecule has 0 radical (unpaired) electrons. The molecular formula is C12H15F3O. The number of rotatable bonds is 4. The van der Waals surface area contributed by atoms with Gasteiger partial charge < -0.3 is 5.11 Å². The van der Waals surface area contributed by atoms with Crippen LogP contribution < -0.4 is 0 Å². The zero-order chi connectivity index (χ0) is 12.3. The van der Waals surface area contributed by atoms with Crippen LogP contribution in [0.25, 0.3) is 0 Å². The van der Waals surface area contributed by atoms with Gasteiger partial charge in [-0.05, 0) is 24.8 Å². The van der Waals surface area contributed by atoms with E-state index in [1.807, 2.05) is 13.8 Å². The van der Waals surface area contributed by atoms with Gasteiger partial charge in [0.25, 0.3) is 0 Å². The van der Waals surface area contributed by atoms with Crippen molar-refractivity contribution in [1.82, 2.24) is 0 Å². The molecule has 0 amide bonds. The molecule has 0 aliphatic heterocycles. The molecule has 1 atom stereocenters. The first-order valence-corrected chi connectivity index (χ1v) is 5.25. The Hall–Kier alpha value is -1.03. The number of benzene rings is 1. The van der Waals surface area contributed by atoms with E-state index in [1.54, 1.807) is 0 Å². The van der Waals surface area contributed by atoms with E-state index in [-0.39, 0.29) is 5.56 Å². The first-order valence-electron chi connectivity index (χ1n) is 5.25. The van der Waals surface area contributed by atoms with E-state index >= 15 is 0 Å². The highest BCUT2D eigenvalue weighted by molar-refractivity contribution is 5.22. The molecule has 0 fully saturated rings. The van der Waals surface area contributed by atoms with Crippen molar-refractivity contribution >= 4 is 0 Å². The van der Waals surface area contributed by atoms with Crippen LogP contribution in [0.4, 0.5) is 13.2 Å². The van der Waals surface area contributed by atoms with Crippen molar-refractivity contribution in [3.05, 3.63) is 35.1 Å². The Balaban J connectivity index is 2.84. The Kier molecular flexibility index (Phi) is 4.35. The van der Waals surface area contributed by atoms with Crippen LogP contribution in [-0.2, 0) is 0 Å². The molecule has 0 saturated heterocycles. The fourth-order valence-electron chi connectivity index (χ4n) is 1.44. The lowest BCUT2D eigenvalue weighted by Crippen LogP contribution is -2.05. The third-order valence-corrected chi connectivity index (χ3v) is 2.44. The minimum atomic E-state index is -1.53. The number of hydrogen-bond donors (Lipinski definition) is 1. The van der Waals surface area contributed by atoms with E-state index in [1.165, 1.54) is 0 Å². The Morgan fingerprint density at radius 2 is 1.69 bits per heavy atom. The molecule has 0 bridgehead atoms. The molecule has 1 N–H and O–H groups in total. The molecule has 1 unspecified atom stereocenters. The lowest BCUT2D eigenvalue weighted by Gasteiger charge is -2.13. The van der Waals surface area contributed by atoms with Crippen molar-refractivity contribution < 1.29 is 18.3 Å². The van der Waals surface area contributed by atoms with Gasteiger partial charge in [-0.25, -0.2) is 13.2 Å². The summed E-state index contributed by atoms with van der Waals surface area (Å²) in [6, 6.07) is 1.91. The van der Waals surface area contributed by atoms with Crippen LogP contribution >= 0.6 is 0 Å². The molecule has 1 rings (SSSR count). The summed E-state index contributed by atoms with van der Waals surface area (Å²) in [5, 5.41) is 9.64. The maximum Gasteiger partial charge on any atom is 0.194 e. The second kappa shape index (κ2) is 5.34. The molecule has 1 aromatic carbocycles. The van der Waals surface area contributed by atoms with Gasteiger partial charge in [0.2, 0.25) is 0 Å². The SMILES string of the molecule is CC(C)CCC(O)c1ccc(F)c(F)c1F. The standard InChI is InChI=1S/C12H15F3O/c1-7(2)3-6-10(16)8-4-5-9(13)12(15)11(8)14/h4-5,7,10,16H,3,6H2,1-2H3. The fourth-order valence-corrected chi connectivity index (χ4v) is 1.44. The molecular weight excluding hydrogens is 217 g/mol. The van der Waals surface area contributed by atoms with E-state index in [0.717, 1.165) is 12.1 Å². The van der Waals surface area contributed by atoms with Crippen molar-refractivity contribution in [3.8, 4) is 0 Å². The fraction of sp³-hybridized carbons (Fsp3) is 0.500. The van der Waals surface area contributed by atoms with Gasteiger partial charge in [0.05, 0.1) is 6.10 Å². The molecule has 0 aliphatic rings. The number of aliphatic hydroxyl groups excluding tert-OH is 1. The molecule has 0 aromatic heterocycles. The summed E-state index contributed by atoms with van der Waals surface area (Å²) in [4.78, 5) is 0. The lowest BCUT2D eigenvalue weighted by molar-refractivity contribution is 0.153. The summed E-state index contributed by atoms with van der Waals surface area (Å²) in [6.07, 6.45) is -0.0586. The first kappa shape index (κ1) is 13.0. The maximum atomic E-state index is 13.3. The van der Waals surface area contributed by atoms with Crippen LogP contribution in [0.3, 0.4) is 0 Å². The van der Waals surface area contributed by atoms with Crippen molar-refractivity contribution in [2.24, 2.45) is 5.92 Å². The lowest BCUT2D eigenvalue weighted by atomic mass is 9.99. The van der Waals surface area contributed by atoms with Crippen molar-refractivity contribution in [2.45, 2.75) is 32.8 Å². The van der Waals surface area contributed by atoms with Gasteiger partial charge in [-0.1, -0.05) is 19.9 Å². The second-order valence-electron chi connectivity index (χ2n) is 4.25. The highest BCUT2D eigenvalue weighted by atomic mass is 19.2. The normalized spacial score (nSPS) is 13.2. The van der Waals surface area contributed by atoms with Crippen molar-refractivity contribution in [1.29, 1.82) is 0 Å².